The lowest BCUT2D eigenvalue weighted by Gasteiger charge is -1.99. The lowest BCUT2D eigenvalue weighted by Crippen LogP contribution is -1.91. The Morgan fingerprint density at radius 2 is 2.21 bits per heavy atom. The maximum Gasteiger partial charge on any atom is 0.178 e. The van der Waals surface area contributed by atoms with E-state index in [0.29, 0.717) is 6.61 Å². The maximum absolute atomic E-state index is 5.57. The van der Waals surface area contributed by atoms with Gasteiger partial charge in [-0.3, -0.25) is 0 Å². The van der Waals surface area contributed by atoms with Crippen LogP contribution in [0.25, 0.3) is 10.1 Å². The summed E-state index contributed by atoms with van der Waals surface area (Å²) in [6, 6.07) is 8.35. The second-order valence-corrected chi connectivity index (χ2v) is 4.13. The third kappa shape index (κ3) is 1.53. The Kier molecular flexibility index (Phi) is 2.55. The van der Waals surface area contributed by atoms with Crippen LogP contribution in [-0.4, -0.2) is 6.61 Å². The molecule has 2 heteroatoms. The van der Waals surface area contributed by atoms with Crippen LogP contribution in [0, 0.1) is 6.92 Å². The summed E-state index contributed by atoms with van der Waals surface area (Å²) < 4.78 is 6.85. The predicted molar refractivity (Wildman–Crippen MR) is 62.3 cm³/mol. The molecule has 0 aliphatic carbocycles. The lowest BCUT2D eigenvalue weighted by molar-refractivity contribution is 0.372. The van der Waals surface area contributed by atoms with E-state index in [1.165, 1.54) is 15.6 Å². The number of rotatable bonds is 3. The van der Waals surface area contributed by atoms with Gasteiger partial charge in [-0.05, 0) is 18.4 Å². The van der Waals surface area contributed by atoms with E-state index in [1.807, 2.05) is 0 Å². The van der Waals surface area contributed by atoms with Crippen molar-refractivity contribution >= 4 is 21.4 Å². The van der Waals surface area contributed by atoms with Crippen LogP contribution in [0.4, 0.5) is 0 Å². The van der Waals surface area contributed by atoms with Crippen LogP contribution >= 0.6 is 11.3 Å². The van der Waals surface area contributed by atoms with E-state index in [1.54, 1.807) is 17.4 Å². The Morgan fingerprint density at radius 1 is 1.43 bits per heavy atom. The minimum atomic E-state index is 0.577. The molecule has 2 aromatic rings. The first kappa shape index (κ1) is 9.28. The minimum Gasteiger partial charge on any atom is -0.480 e. The molecule has 0 aliphatic heterocycles. The van der Waals surface area contributed by atoms with Gasteiger partial charge in [0.25, 0.3) is 0 Å². The molecule has 0 amide bonds. The molecule has 72 valence electrons. The van der Waals surface area contributed by atoms with Gasteiger partial charge in [-0.1, -0.05) is 42.2 Å². The average molecular weight is 204 g/mol. The number of fused-ring (bicyclic) bond motifs is 1. The molecule has 1 heterocycles. The van der Waals surface area contributed by atoms with Crippen molar-refractivity contribution in [3.63, 3.8) is 0 Å². The third-order valence-corrected chi connectivity index (χ3v) is 3.32. The van der Waals surface area contributed by atoms with Gasteiger partial charge < -0.3 is 4.74 Å². The number of ether oxygens (including phenoxy) is 1. The number of hydrogen-bond acceptors (Lipinski definition) is 2. The third-order valence-electron chi connectivity index (χ3n) is 2.13. The van der Waals surface area contributed by atoms with Gasteiger partial charge in [0.15, 0.2) is 5.06 Å². The molecule has 0 N–H and O–H groups in total. The molecule has 0 saturated carbocycles. The molecule has 0 saturated heterocycles. The van der Waals surface area contributed by atoms with Gasteiger partial charge in [0.2, 0.25) is 0 Å². The first-order valence-corrected chi connectivity index (χ1v) is 5.36. The summed E-state index contributed by atoms with van der Waals surface area (Å²) in [6.45, 7) is 6.31. The quantitative estimate of drug-likeness (QED) is 0.691. The van der Waals surface area contributed by atoms with Gasteiger partial charge in [-0.25, -0.2) is 0 Å². The fourth-order valence-corrected chi connectivity index (χ4v) is 2.49. The van der Waals surface area contributed by atoms with Crippen molar-refractivity contribution in [3.05, 3.63) is 42.5 Å². The molecule has 0 spiro atoms. The smallest absolute Gasteiger partial charge is 0.178 e. The summed E-state index contributed by atoms with van der Waals surface area (Å²) in [5.41, 5.74) is 1.23. The van der Waals surface area contributed by atoms with Crippen LogP contribution in [0.1, 0.15) is 5.56 Å². The molecule has 1 nitrogen and oxygen atoms in total. The summed E-state index contributed by atoms with van der Waals surface area (Å²) >= 11 is 1.69. The average Bonchev–Trinajstić information content (AvgIpc) is 2.54. The number of aryl methyl sites for hydroxylation is 1. The molecule has 0 radical (unpaired) electrons. The van der Waals surface area contributed by atoms with Crippen LogP contribution in [0.5, 0.6) is 5.06 Å². The van der Waals surface area contributed by atoms with Crippen LogP contribution in [-0.2, 0) is 0 Å². The second kappa shape index (κ2) is 3.84. The van der Waals surface area contributed by atoms with Gasteiger partial charge in [0.05, 0.1) is 0 Å². The number of thiophene rings is 1. The van der Waals surface area contributed by atoms with E-state index in [0.717, 1.165) is 5.06 Å². The zero-order valence-corrected chi connectivity index (χ0v) is 8.93. The summed E-state index contributed by atoms with van der Waals surface area (Å²) in [6.07, 6.45) is 1.77. The highest BCUT2D eigenvalue weighted by molar-refractivity contribution is 7.21. The van der Waals surface area contributed by atoms with Crippen molar-refractivity contribution in [2.24, 2.45) is 0 Å². The molecule has 0 unspecified atom stereocenters. The number of hydrogen-bond donors (Lipinski definition) is 0. The van der Waals surface area contributed by atoms with E-state index >= 15 is 0 Å². The standard InChI is InChI=1S/C12H12OS/c1-3-8-13-12-9(2)10-6-4-5-7-11(10)14-12/h3-7H,1,8H2,2H3. The zero-order chi connectivity index (χ0) is 9.97. The number of benzene rings is 1. The highest BCUT2D eigenvalue weighted by Gasteiger charge is 2.07. The van der Waals surface area contributed by atoms with Crippen molar-refractivity contribution in [2.45, 2.75) is 6.92 Å². The minimum absolute atomic E-state index is 0.577. The first-order chi connectivity index (χ1) is 6.83. The molecule has 0 atom stereocenters. The Labute approximate surface area is 87.6 Å². The van der Waals surface area contributed by atoms with Crippen LogP contribution in [0.3, 0.4) is 0 Å². The Bertz CT molecular complexity index is 456. The normalized spacial score (nSPS) is 10.4. The second-order valence-electron chi connectivity index (χ2n) is 3.11. The SMILES string of the molecule is C=CCOc1sc2ccccc2c1C. The highest BCUT2D eigenvalue weighted by Crippen LogP contribution is 2.36. The zero-order valence-electron chi connectivity index (χ0n) is 8.12. The van der Waals surface area contributed by atoms with Crippen molar-refractivity contribution in [1.29, 1.82) is 0 Å². The predicted octanol–water partition coefficient (Wildman–Crippen LogP) is 3.77. The Morgan fingerprint density at radius 3 is 2.93 bits per heavy atom. The van der Waals surface area contributed by atoms with Gasteiger partial charge in [0, 0.05) is 10.3 Å². The monoisotopic (exact) mass is 204 g/mol. The van der Waals surface area contributed by atoms with Gasteiger partial charge in [0.1, 0.15) is 6.61 Å². The first-order valence-electron chi connectivity index (χ1n) is 4.54. The molecule has 1 aromatic heterocycles. The largest absolute Gasteiger partial charge is 0.480 e. The molecule has 1 aromatic carbocycles. The summed E-state index contributed by atoms with van der Waals surface area (Å²) in [5, 5.41) is 2.29. The molecule has 2 rings (SSSR count). The van der Waals surface area contributed by atoms with Crippen LogP contribution in [0.2, 0.25) is 0 Å². The van der Waals surface area contributed by atoms with Crippen molar-refractivity contribution < 1.29 is 4.74 Å². The van der Waals surface area contributed by atoms with E-state index in [9.17, 15) is 0 Å². The lowest BCUT2D eigenvalue weighted by atomic mass is 10.2. The maximum atomic E-state index is 5.57. The highest BCUT2D eigenvalue weighted by atomic mass is 32.1. The molecular formula is C12H12OS. The Balaban J connectivity index is 2.46. The van der Waals surface area contributed by atoms with Crippen LogP contribution in [0.15, 0.2) is 36.9 Å². The van der Waals surface area contributed by atoms with Crippen molar-refractivity contribution in [1.82, 2.24) is 0 Å². The summed E-state index contributed by atoms with van der Waals surface area (Å²) in [4.78, 5) is 0. The van der Waals surface area contributed by atoms with Crippen molar-refractivity contribution in [3.8, 4) is 5.06 Å². The van der Waals surface area contributed by atoms with E-state index in [2.05, 4.69) is 37.8 Å². The van der Waals surface area contributed by atoms with E-state index < -0.39 is 0 Å². The fourth-order valence-electron chi connectivity index (χ4n) is 1.42. The van der Waals surface area contributed by atoms with E-state index in [-0.39, 0.29) is 0 Å². The summed E-state index contributed by atoms with van der Waals surface area (Å²) in [7, 11) is 0. The van der Waals surface area contributed by atoms with Gasteiger partial charge >= 0.3 is 0 Å². The van der Waals surface area contributed by atoms with E-state index in [4.69, 9.17) is 4.74 Å². The molecule has 0 aliphatic rings. The summed E-state index contributed by atoms with van der Waals surface area (Å²) in [5.74, 6) is 0. The topological polar surface area (TPSA) is 9.23 Å². The van der Waals surface area contributed by atoms with Gasteiger partial charge in [-0.15, -0.1) is 0 Å². The molecule has 0 bridgehead atoms. The fraction of sp³-hybridized carbons (Fsp3) is 0.167. The molecular weight excluding hydrogens is 192 g/mol. The Hall–Kier alpha value is -1.28. The molecule has 0 fully saturated rings. The van der Waals surface area contributed by atoms with Crippen LogP contribution < -0.4 is 4.74 Å². The van der Waals surface area contributed by atoms with Gasteiger partial charge in [-0.2, -0.15) is 0 Å². The molecule has 14 heavy (non-hydrogen) atoms. The van der Waals surface area contributed by atoms with Crippen molar-refractivity contribution in [2.75, 3.05) is 6.61 Å².